The highest BCUT2D eigenvalue weighted by Gasteiger charge is 2.55. The molecule has 326 valence electrons. The Morgan fingerprint density at radius 3 is 1.80 bits per heavy atom. The second kappa shape index (κ2) is 22.6. The van der Waals surface area contributed by atoms with Crippen LogP contribution in [0, 0.1) is 5.41 Å². The molecule has 0 spiro atoms. The van der Waals surface area contributed by atoms with Gasteiger partial charge in [-0.3, -0.25) is 4.79 Å². The van der Waals surface area contributed by atoms with E-state index in [1.807, 2.05) is 66.7 Å². The number of carbonyl (C=O) groups is 2. The Bertz CT molecular complexity index is 1630. The smallest absolute Gasteiger partial charge is 0.456 e. The molecule has 3 aromatic rings. The average molecular weight is 851 g/mol. The van der Waals surface area contributed by atoms with Gasteiger partial charge in [0.2, 0.25) is 0 Å². The summed E-state index contributed by atoms with van der Waals surface area (Å²) in [6, 6.07) is 30.6. The van der Waals surface area contributed by atoms with Gasteiger partial charge in [0.25, 0.3) is 8.32 Å². The van der Waals surface area contributed by atoms with Gasteiger partial charge < -0.3 is 32.8 Å². The average Bonchev–Trinajstić information content (AvgIpc) is 3.17. The van der Waals surface area contributed by atoms with Crippen LogP contribution >= 0.6 is 11.8 Å². The maximum absolute atomic E-state index is 13.9. The maximum Gasteiger partial charge on any atom is 0.509 e. The largest absolute Gasteiger partial charge is 0.509 e. The third-order valence-corrected chi connectivity index (χ3v) is 16.4. The quantitative estimate of drug-likeness (QED) is 0.0473. The summed E-state index contributed by atoms with van der Waals surface area (Å²) in [5.41, 5.74) is -1.39. The number of hydrogen-bond acceptors (Lipinski definition) is 10. The van der Waals surface area contributed by atoms with Gasteiger partial charge in [0.1, 0.15) is 30.0 Å². The van der Waals surface area contributed by atoms with Gasteiger partial charge >= 0.3 is 12.1 Å². The first-order chi connectivity index (χ1) is 28.0. The topological polar surface area (TPSA) is 98.8 Å². The van der Waals surface area contributed by atoms with E-state index in [0.29, 0.717) is 6.61 Å². The zero-order chi connectivity index (χ0) is 43.1. The van der Waals surface area contributed by atoms with Crippen molar-refractivity contribution in [1.29, 1.82) is 0 Å². The summed E-state index contributed by atoms with van der Waals surface area (Å²) >= 11 is 1.57. The van der Waals surface area contributed by atoms with Crippen molar-refractivity contribution in [2.75, 3.05) is 19.2 Å². The molecule has 0 amide bonds. The fourth-order valence-corrected chi connectivity index (χ4v) is 13.0. The van der Waals surface area contributed by atoms with Crippen LogP contribution < -0.4 is 10.4 Å². The lowest BCUT2D eigenvalue weighted by Gasteiger charge is -2.48. The Balaban J connectivity index is 1.78. The number of rotatable bonds is 20. The Labute approximate surface area is 359 Å². The highest BCUT2D eigenvalue weighted by Crippen LogP contribution is 2.40. The summed E-state index contributed by atoms with van der Waals surface area (Å²) in [7, 11) is -3.07. The summed E-state index contributed by atoms with van der Waals surface area (Å²) in [5.74, 6) is 0.311. The number of thioether (sulfide) groups is 1. The van der Waals surface area contributed by atoms with Crippen LogP contribution in [0.2, 0.25) is 5.04 Å². The van der Waals surface area contributed by atoms with Crippen LogP contribution in [0.15, 0.2) is 91.0 Å². The van der Waals surface area contributed by atoms with E-state index in [-0.39, 0.29) is 18.4 Å². The highest BCUT2D eigenvalue weighted by molar-refractivity contribution is 7.99. The van der Waals surface area contributed by atoms with E-state index >= 15 is 0 Å². The highest BCUT2D eigenvalue weighted by atomic mass is 32.2. The van der Waals surface area contributed by atoms with Crippen LogP contribution in [0.25, 0.3) is 0 Å². The van der Waals surface area contributed by atoms with Crippen molar-refractivity contribution in [2.45, 2.75) is 155 Å². The minimum Gasteiger partial charge on any atom is -0.456 e. The van der Waals surface area contributed by atoms with Crippen molar-refractivity contribution in [3.8, 4) is 0 Å². The minimum atomic E-state index is -3.07. The number of esters is 1. The lowest BCUT2D eigenvalue weighted by molar-refractivity contribution is -0.253. The van der Waals surface area contributed by atoms with Crippen LogP contribution in [-0.2, 0) is 44.2 Å². The molecule has 11 heteroatoms. The first kappa shape index (κ1) is 48.5. The Morgan fingerprint density at radius 2 is 1.25 bits per heavy atom. The molecule has 4 rings (SSSR count). The summed E-state index contributed by atoms with van der Waals surface area (Å²) in [5, 5.41) is 1.90. The zero-order valence-electron chi connectivity index (χ0n) is 37.2. The number of hydrogen-bond donors (Lipinski definition) is 0. The number of ether oxygens (including phenoxy) is 6. The minimum absolute atomic E-state index is 0.0767. The molecule has 1 heterocycles. The molecule has 0 saturated carbocycles. The number of unbranched alkanes of at least 4 members (excludes halogenated alkanes) is 5. The summed E-state index contributed by atoms with van der Waals surface area (Å²) in [6.45, 7) is 19.9. The zero-order valence-corrected chi connectivity index (χ0v) is 39.0. The van der Waals surface area contributed by atoms with Crippen molar-refractivity contribution in [1.82, 2.24) is 0 Å². The van der Waals surface area contributed by atoms with E-state index in [4.69, 9.17) is 32.8 Å². The molecule has 1 fully saturated rings. The number of carbonyl (C=O) groups excluding carboxylic acids is 2. The lowest BCUT2D eigenvalue weighted by Crippen LogP contribution is -2.68. The van der Waals surface area contributed by atoms with Crippen LogP contribution in [0.1, 0.15) is 113 Å². The van der Waals surface area contributed by atoms with Gasteiger partial charge in [-0.2, -0.15) is 0 Å². The summed E-state index contributed by atoms with van der Waals surface area (Å²) in [4.78, 5) is 27.5. The molecule has 0 aliphatic carbocycles. The van der Waals surface area contributed by atoms with Gasteiger partial charge in [-0.1, -0.05) is 151 Å². The van der Waals surface area contributed by atoms with Gasteiger partial charge in [0, 0.05) is 0 Å². The van der Waals surface area contributed by atoms with Crippen molar-refractivity contribution in [3.05, 3.63) is 96.6 Å². The van der Waals surface area contributed by atoms with Gasteiger partial charge in [0.05, 0.1) is 18.6 Å². The van der Waals surface area contributed by atoms with Gasteiger partial charge in [0.15, 0.2) is 12.2 Å². The molecule has 3 aromatic carbocycles. The molecule has 5 atom stereocenters. The molecular formula is C48H70O9SSi. The Morgan fingerprint density at radius 1 is 0.695 bits per heavy atom. The molecule has 0 aromatic heterocycles. The third-order valence-electron chi connectivity index (χ3n) is 10.2. The Kier molecular flexibility index (Phi) is 18.6. The van der Waals surface area contributed by atoms with Crippen LogP contribution in [0.3, 0.4) is 0 Å². The fraction of sp³-hybridized carbons (Fsp3) is 0.583. The predicted octanol–water partition coefficient (Wildman–Crippen LogP) is 10.2. The standard InChI is InChI=1S/C48H70O9SSi/c1-11-12-13-14-15-25-32-58-43-42(56-45(50)57-47(5,6)7)41(52-35-51-33-36-26-19-16-20-27-36)40(55-44(49)46(2,3)4)39(54-43)34-53-59(48(8,9)10,37-28-21-17-22-29-37)38-30-23-18-24-31-38/h16-24,26-31,39-43H,11-15,25,32-35H2,1-10H3/t39-,40-,41+,42-,43+/m1/s1. The van der Waals surface area contributed by atoms with Gasteiger partial charge in [-0.25, -0.2) is 4.79 Å². The molecule has 1 aliphatic rings. The molecule has 0 unspecified atom stereocenters. The van der Waals surface area contributed by atoms with Gasteiger partial charge in [-0.05, 0) is 74.7 Å². The molecule has 59 heavy (non-hydrogen) atoms. The van der Waals surface area contributed by atoms with E-state index in [0.717, 1.165) is 41.0 Å². The van der Waals surface area contributed by atoms with Crippen molar-refractivity contribution >= 4 is 42.6 Å². The molecule has 1 saturated heterocycles. The van der Waals surface area contributed by atoms with E-state index in [9.17, 15) is 9.59 Å². The normalized spacial score (nSPS) is 20.2. The lowest BCUT2D eigenvalue weighted by atomic mass is 9.95. The van der Waals surface area contributed by atoms with Crippen molar-refractivity contribution in [2.24, 2.45) is 5.41 Å². The molecule has 0 N–H and O–H groups in total. The number of benzene rings is 3. The second-order valence-corrected chi connectivity index (χ2v) is 23.9. The van der Waals surface area contributed by atoms with Crippen LogP contribution in [0.5, 0.6) is 0 Å². The van der Waals surface area contributed by atoms with Crippen LogP contribution in [0.4, 0.5) is 4.79 Å². The predicted molar refractivity (Wildman–Crippen MR) is 239 cm³/mol. The molecule has 0 radical (unpaired) electrons. The summed E-state index contributed by atoms with van der Waals surface area (Å²) in [6.07, 6.45) is 2.08. The molecular weight excluding hydrogens is 781 g/mol. The van der Waals surface area contributed by atoms with Gasteiger partial charge in [-0.15, -0.1) is 11.8 Å². The molecule has 0 bridgehead atoms. The van der Waals surface area contributed by atoms with Crippen molar-refractivity contribution in [3.63, 3.8) is 0 Å². The molecule has 1 aliphatic heterocycles. The van der Waals surface area contributed by atoms with Crippen molar-refractivity contribution < 1.29 is 42.4 Å². The second-order valence-electron chi connectivity index (χ2n) is 18.4. The molecule has 9 nitrogen and oxygen atoms in total. The monoisotopic (exact) mass is 850 g/mol. The SMILES string of the molecule is CCCCCCCCS[C@@H]1O[C@H](CO[Si](c2ccccc2)(c2ccccc2)C(C)(C)C)[C@@H](OC(=O)C(C)(C)C)[C@H](OCOCc2ccccc2)[C@H]1OC(=O)OC(C)(C)C. The third kappa shape index (κ3) is 14.5. The first-order valence-corrected chi connectivity index (χ1v) is 24.3. The van der Waals surface area contributed by atoms with Crippen LogP contribution in [-0.4, -0.2) is 75.0 Å². The Hall–Kier alpha value is -3.19. The van der Waals surface area contributed by atoms with E-state index in [1.165, 1.54) is 19.3 Å². The van der Waals surface area contributed by atoms with E-state index in [2.05, 4.69) is 52.0 Å². The summed E-state index contributed by atoms with van der Waals surface area (Å²) < 4.78 is 45.5. The first-order valence-electron chi connectivity index (χ1n) is 21.3. The van der Waals surface area contributed by atoms with E-state index < -0.39 is 61.3 Å². The fourth-order valence-electron chi connectivity index (χ4n) is 7.20. The maximum atomic E-state index is 13.9. The van der Waals surface area contributed by atoms with E-state index in [1.54, 1.807) is 53.3 Å².